The van der Waals surface area contributed by atoms with E-state index in [1.807, 2.05) is 29.2 Å². The van der Waals surface area contributed by atoms with E-state index in [9.17, 15) is 9.90 Å². The van der Waals surface area contributed by atoms with E-state index in [0.29, 0.717) is 37.9 Å². The van der Waals surface area contributed by atoms with Crippen molar-refractivity contribution < 1.29 is 14.6 Å². The molecule has 3 aromatic rings. The molecule has 0 bridgehead atoms. The molecule has 0 aliphatic carbocycles. The molecule has 0 spiro atoms. The average Bonchev–Trinajstić information content (AvgIpc) is 3.50. The van der Waals surface area contributed by atoms with Crippen molar-refractivity contribution in [3.05, 3.63) is 36.0 Å². The molecule has 2 fully saturated rings. The third kappa shape index (κ3) is 3.98. The van der Waals surface area contributed by atoms with Crippen LogP contribution in [0.25, 0.3) is 22.3 Å². The molecular formula is C22H26N6O3. The van der Waals surface area contributed by atoms with Gasteiger partial charge < -0.3 is 19.6 Å². The number of nitrogens with zero attached hydrogens (tertiary/aromatic N) is 6. The zero-order valence-electron chi connectivity index (χ0n) is 17.4. The third-order valence-electron chi connectivity index (χ3n) is 5.91. The number of ether oxygens (including phenoxy) is 1. The fourth-order valence-corrected chi connectivity index (χ4v) is 4.20. The van der Waals surface area contributed by atoms with Crippen LogP contribution in [-0.2, 0) is 22.7 Å². The molecule has 1 N–H and O–H groups in total. The van der Waals surface area contributed by atoms with Crippen molar-refractivity contribution in [1.82, 2.24) is 24.6 Å². The van der Waals surface area contributed by atoms with E-state index < -0.39 is 0 Å². The van der Waals surface area contributed by atoms with Gasteiger partial charge in [0.1, 0.15) is 6.54 Å². The molecule has 9 nitrogen and oxygen atoms in total. The molecule has 2 aliphatic rings. The standard InChI is InChI=1S/C22H26N6O3/c29-15-16-4-3-5-17(12-16)20-18-13-23-28(14-19(30)26-6-1-2-7-26)21(18)25-22(24-20)27-8-10-31-11-9-27/h3-5,12-13,29H,1-2,6-11,14-15H2. The Kier molecular flexibility index (Phi) is 5.52. The summed E-state index contributed by atoms with van der Waals surface area (Å²) in [5.41, 5.74) is 3.10. The van der Waals surface area contributed by atoms with Crippen LogP contribution in [0.5, 0.6) is 0 Å². The number of aliphatic hydroxyl groups excluding tert-OH is 1. The number of aliphatic hydroxyl groups is 1. The van der Waals surface area contributed by atoms with Gasteiger partial charge in [0.15, 0.2) is 5.65 Å². The first kappa shape index (κ1) is 19.9. The highest BCUT2D eigenvalue weighted by Gasteiger charge is 2.23. The molecule has 2 aliphatic heterocycles. The van der Waals surface area contributed by atoms with E-state index in [4.69, 9.17) is 14.7 Å². The van der Waals surface area contributed by atoms with Gasteiger partial charge in [0.2, 0.25) is 11.9 Å². The smallest absolute Gasteiger partial charge is 0.244 e. The van der Waals surface area contributed by atoms with E-state index in [1.165, 1.54) is 0 Å². The summed E-state index contributed by atoms with van der Waals surface area (Å²) in [6, 6.07) is 7.68. The number of anilines is 1. The maximum Gasteiger partial charge on any atom is 0.244 e. The third-order valence-corrected chi connectivity index (χ3v) is 5.91. The van der Waals surface area contributed by atoms with Gasteiger partial charge in [-0.25, -0.2) is 9.67 Å². The lowest BCUT2D eigenvalue weighted by molar-refractivity contribution is -0.130. The molecule has 0 saturated carbocycles. The number of fused-ring (bicyclic) bond motifs is 1. The van der Waals surface area contributed by atoms with Gasteiger partial charge in [0.25, 0.3) is 0 Å². The molecule has 162 valence electrons. The Morgan fingerprint density at radius 1 is 1.10 bits per heavy atom. The maximum absolute atomic E-state index is 12.7. The van der Waals surface area contributed by atoms with Crippen molar-refractivity contribution in [2.75, 3.05) is 44.3 Å². The first-order valence-corrected chi connectivity index (χ1v) is 10.8. The zero-order chi connectivity index (χ0) is 21.2. The van der Waals surface area contributed by atoms with Crippen LogP contribution in [0, 0.1) is 0 Å². The van der Waals surface area contributed by atoms with Gasteiger partial charge in [-0.05, 0) is 24.5 Å². The molecule has 0 radical (unpaired) electrons. The number of rotatable bonds is 5. The lowest BCUT2D eigenvalue weighted by Crippen LogP contribution is -2.37. The predicted octanol–water partition coefficient (Wildman–Crippen LogP) is 1.44. The van der Waals surface area contributed by atoms with Gasteiger partial charge in [-0.15, -0.1) is 0 Å². The van der Waals surface area contributed by atoms with Gasteiger partial charge in [-0.1, -0.05) is 18.2 Å². The van der Waals surface area contributed by atoms with Gasteiger partial charge in [0.05, 0.1) is 37.1 Å². The highest BCUT2D eigenvalue weighted by atomic mass is 16.5. The van der Waals surface area contributed by atoms with E-state index >= 15 is 0 Å². The topological polar surface area (TPSA) is 96.6 Å². The van der Waals surface area contributed by atoms with Crippen LogP contribution in [0.4, 0.5) is 5.95 Å². The Hall–Kier alpha value is -3.04. The van der Waals surface area contributed by atoms with Crippen LogP contribution < -0.4 is 4.90 Å². The number of aromatic nitrogens is 4. The summed E-state index contributed by atoms with van der Waals surface area (Å²) in [6.45, 7) is 4.43. The van der Waals surface area contributed by atoms with Crippen LogP contribution in [-0.4, -0.2) is 75.1 Å². The van der Waals surface area contributed by atoms with Crippen LogP contribution >= 0.6 is 0 Å². The summed E-state index contributed by atoms with van der Waals surface area (Å²) in [4.78, 5) is 26.4. The van der Waals surface area contributed by atoms with E-state index in [1.54, 1.807) is 10.9 Å². The Morgan fingerprint density at radius 2 is 1.90 bits per heavy atom. The minimum atomic E-state index is -0.0397. The van der Waals surface area contributed by atoms with Crippen LogP contribution in [0.2, 0.25) is 0 Å². The van der Waals surface area contributed by atoms with Gasteiger partial charge in [-0.3, -0.25) is 4.79 Å². The lowest BCUT2D eigenvalue weighted by Gasteiger charge is -2.27. The molecule has 1 aromatic carbocycles. The number of likely N-dealkylation sites (tertiary alicyclic amines) is 1. The Labute approximate surface area is 180 Å². The number of morpholine rings is 1. The molecule has 4 heterocycles. The molecule has 0 unspecified atom stereocenters. The molecule has 5 rings (SSSR count). The monoisotopic (exact) mass is 422 g/mol. The molecule has 9 heteroatoms. The maximum atomic E-state index is 12.7. The van der Waals surface area contributed by atoms with Gasteiger partial charge >= 0.3 is 0 Å². The molecule has 0 atom stereocenters. The minimum Gasteiger partial charge on any atom is -0.392 e. The summed E-state index contributed by atoms with van der Waals surface area (Å²) >= 11 is 0. The number of benzene rings is 1. The largest absolute Gasteiger partial charge is 0.392 e. The fourth-order valence-electron chi connectivity index (χ4n) is 4.20. The zero-order valence-corrected chi connectivity index (χ0v) is 17.4. The summed E-state index contributed by atoms with van der Waals surface area (Å²) in [5, 5.41) is 14.9. The highest BCUT2D eigenvalue weighted by molar-refractivity contribution is 5.92. The summed E-state index contributed by atoms with van der Waals surface area (Å²) in [5.74, 6) is 0.674. The Morgan fingerprint density at radius 3 is 2.68 bits per heavy atom. The first-order valence-electron chi connectivity index (χ1n) is 10.8. The normalized spacial score (nSPS) is 16.9. The van der Waals surface area contributed by atoms with Crippen LogP contribution in [0.3, 0.4) is 0 Å². The fraction of sp³-hybridized carbons (Fsp3) is 0.455. The van der Waals surface area contributed by atoms with Crippen molar-refractivity contribution in [3.8, 4) is 11.3 Å². The number of carbonyl (C=O) groups is 1. The Balaban J connectivity index is 1.59. The van der Waals surface area contributed by atoms with Crippen molar-refractivity contribution in [3.63, 3.8) is 0 Å². The van der Waals surface area contributed by atoms with Crippen LogP contribution in [0.1, 0.15) is 18.4 Å². The number of carbonyl (C=O) groups excluding carboxylic acids is 1. The van der Waals surface area contributed by atoms with Crippen molar-refractivity contribution in [2.45, 2.75) is 26.0 Å². The average molecular weight is 422 g/mol. The minimum absolute atomic E-state index is 0.0397. The molecule has 2 aromatic heterocycles. The highest BCUT2D eigenvalue weighted by Crippen LogP contribution is 2.29. The van der Waals surface area contributed by atoms with Gasteiger partial charge in [-0.2, -0.15) is 10.1 Å². The number of hydrogen-bond acceptors (Lipinski definition) is 7. The van der Waals surface area contributed by atoms with Crippen molar-refractivity contribution in [2.24, 2.45) is 0 Å². The molecular weight excluding hydrogens is 396 g/mol. The van der Waals surface area contributed by atoms with E-state index in [0.717, 1.165) is 48.1 Å². The second kappa shape index (κ2) is 8.60. The lowest BCUT2D eigenvalue weighted by atomic mass is 10.1. The summed E-state index contributed by atoms with van der Waals surface area (Å²) in [6.07, 6.45) is 3.84. The van der Waals surface area contributed by atoms with Crippen LogP contribution in [0.15, 0.2) is 30.5 Å². The quantitative estimate of drug-likeness (QED) is 0.665. The van der Waals surface area contributed by atoms with E-state index in [-0.39, 0.29) is 19.1 Å². The number of amides is 1. The molecule has 2 saturated heterocycles. The van der Waals surface area contributed by atoms with E-state index in [2.05, 4.69) is 10.00 Å². The van der Waals surface area contributed by atoms with Gasteiger partial charge in [0, 0.05) is 31.7 Å². The summed E-state index contributed by atoms with van der Waals surface area (Å²) in [7, 11) is 0. The number of hydrogen-bond donors (Lipinski definition) is 1. The first-order chi connectivity index (χ1) is 15.2. The molecule has 31 heavy (non-hydrogen) atoms. The molecule has 1 amide bonds. The Bertz CT molecular complexity index is 1090. The second-order valence-electron chi connectivity index (χ2n) is 7.96. The SMILES string of the molecule is O=C(Cn1ncc2c(-c3cccc(CO)c3)nc(N3CCOCC3)nc21)N1CCCC1. The van der Waals surface area contributed by atoms with Crippen molar-refractivity contribution in [1.29, 1.82) is 0 Å². The summed E-state index contributed by atoms with van der Waals surface area (Å²) < 4.78 is 7.16. The van der Waals surface area contributed by atoms with Crippen molar-refractivity contribution >= 4 is 22.9 Å². The predicted molar refractivity (Wildman–Crippen MR) is 116 cm³/mol. The second-order valence-corrected chi connectivity index (χ2v) is 7.96.